The van der Waals surface area contributed by atoms with Crippen molar-refractivity contribution in [1.82, 2.24) is 14.8 Å². The molecule has 0 unspecified atom stereocenters. The van der Waals surface area contributed by atoms with Gasteiger partial charge in [-0.25, -0.2) is 14.1 Å². The van der Waals surface area contributed by atoms with Crippen molar-refractivity contribution in [3.63, 3.8) is 0 Å². The minimum Gasteiger partial charge on any atom is -0.319 e. The molecule has 3 aromatic carbocycles. The lowest BCUT2D eigenvalue weighted by molar-refractivity contribution is 0.101. The SMILES string of the molecule is Cc1cccc(-n2nc(C(=O)Nc3ccc(F)cc3)nc2CCc2ccccc2)c1. The first kappa shape index (κ1) is 19.5. The average Bonchev–Trinajstić information content (AvgIpc) is 3.19. The Morgan fingerprint density at radius 3 is 2.47 bits per heavy atom. The third-order valence-electron chi connectivity index (χ3n) is 4.71. The van der Waals surface area contributed by atoms with E-state index in [0.29, 0.717) is 17.9 Å². The molecule has 30 heavy (non-hydrogen) atoms. The number of carbonyl (C=O) groups is 1. The quantitative estimate of drug-likeness (QED) is 0.508. The second-order valence-electron chi connectivity index (χ2n) is 7.05. The Morgan fingerprint density at radius 1 is 0.967 bits per heavy atom. The topological polar surface area (TPSA) is 59.8 Å². The van der Waals surface area contributed by atoms with Crippen LogP contribution in [0.3, 0.4) is 0 Å². The molecule has 1 N–H and O–H groups in total. The molecule has 0 aliphatic heterocycles. The molecule has 0 atom stereocenters. The van der Waals surface area contributed by atoms with Gasteiger partial charge in [0.2, 0.25) is 5.82 Å². The molecular weight excluding hydrogens is 379 g/mol. The summed E-state index contributed by atoms with van der Waals surface area (Å²) in [6, 6.07) is 23.6. The van der Waals surface area contributed by atoms with Crippen LogP contribution in [0.5, 0.6) is 0 Å². The number of carbonyl (C=O) groups excluding carboxylic acids is 1. The Kier molecular flexibility index (Phi) is 5.66. The van der Waals surface area contributed by atoms with Crippen molar-refractivity contribution in [2.75, 3.05) is 5.32 Å². The number of amides is 1. The van der Waals surface area contributed by atoms with Gasteiger partial charge >= 0.3 is 0 Å². The Balaban J connectivity index is 1.62. The van der Waals surface area contributed by atoms with E-state index < -0.39 is 5.91 Å². The lowest BCUT2D eigenvalue weighted by atomic mass is 10.1. The van der Waals surface area contributed by atoms with E-state index >= 15 is 0 Å². The van der Waals surface area contributed by atoms with Gasteiger partial charge in [-0.05, 0) is 60.9 Å². The van der Waals surface area contributed by atoms with Gasteiger partial charge in [0.15, 0.2) is 0 Å². The average molecular weight is 400 g/mol. The largest absolute Gasteiger partial charge is 0.319 e. The number of rotatable bonds is 6. The van der Waals surface area contributed by atoms with E-state index in [9.17, 15) is 9.18 Å². The van der Waals surface area contributed by atoms with Gasteiger partial charge in [0.25, 0.3) is 5.91 Å². The number of nitrogens with one attached hydrogen (secondary N) is 1. The molecule has 0 bridgehead atoms. The van der Waals surface area contributed by atoms with Crippen LogP contribution in [0.2, 0.25) is 0 Å². The third kappa shape index (κ3) is 4.60. The number of nitrogens with zero attached hydrogens (tertiary/aromatic N) is 3. The summed E-state index contributed by atoms with van der Waals surface area (Å²) in [6.45, 7) is 2.01. The van der Waals surface area contributed by atoms with Crippen LogP contribution in [-0.4, -0.2) is 20.7 Å². The number of hydrogen-bond acceptors (Lipinski definition) is 3. The van der Waals surface area contributed by atoms with Gasteiger partial charge < -0.3 is 5.32 Å². The molecule has 0 aliphatic rings. The maximum Gasteiger partial charge on any atom is 0.295 e. The number of halogens is 1. The van der Waals surface area contributed by atoms with Crippen LogP contribution >= 0.6 is 0 Å². The predicted octanol–water partition coefficient (Wildman–Crippen LogP) is 4.75. The highest BCUT2D eigenvalue weighted by atomic mass is 19.1. The van der Waals surface area contributed by atoms with E-state index in [1.165, 1.54) is 29.8 Å². The van der Waals surface area contributed by atoms with Gasteiger partial charge in [-0.1, -0.05) is 42.5 Å². The fourth-order valence-electron chi connectivity index (χ4n) is 3.19. The zero-order valence-electron chi connectivity index (χ0n) is 16.5. The Bertz CT molecular complexity index is 1150. The maximum absolute atomic E-state index is 13.1. The second kappa shape index (κ2) is 8.69. The van der Waals surface area contributed by atoms with Crippen LogP contribution in [0.1, 0.15) is 27.6 Å². The highest BCUT2D eigenvalue weighted by molar-refractivity contribution is 6.01. The molecule has 150 valence electrons. The Hall–Kier alpha value is -3.80. The Morgan fingerprint density at radius 2 is 1.73 bits per heavy atom. The van der Waals surface area contributed by atoms with Gasteiger partial charge in [-0.15, -0.1) is 5.10 Å². The molecule has 0 spiro atoms. The number of aromatic nitrogens is 3. The summed E-state index contributed by atoms with van der Waals surface area (Å²) in [7, 11) is 0. The van der Waals surface area contributed by atoms with E-state index in [4.69, 9.17) is 0 Å². The minimum atomic E-state index is -0.436. The molecule has 0 radical (unpaired) electrons. The van der Waals surface area contributed by atoms with Crippen LogP contribution in [-0.2, 0) is 12.8 Å². The molecule has 6 heteroatoms. The van der Waals surface area contributed by atoms with Gasteiger partial charge in [0, 0.05) is 12.1 Å². The summed E-state index contributed by atoms with van der Waals surface area (Å²) in [5.41, 5.74) is 3.62. The smallest absolute Gasteiger partial charge is 0.295 e. The highest BCUT2D eigenvalue weighted by Gasteiger charge is 2.18. The zero-order chi connectivity index (χ0) is 20.9. The van der Waals surface area contributed by atoms with Crippen molar-refractivity contribution >= 4 is 11.6 Å². The van der Waals surface area contributed by atoms with Crippen LogP contribution in [0.4, 0.5) is 10.1 Å². The zero-order valence-corrected chi connectivity index (χ0v) is 16.5. The van der Waals surface area contributed by atoms with Crippen molar-refractivity contribution in [3.05, 3.63) is 107 Å². The number of benzene rings is 3. The Labute approximate surface area is 174 Å². The summed E-state index contributed by atoms with van der Waals surface area (Å²) in [5.74, 6) is -0.0235. The lowest BCUT2D eigenvalue weighted by Crippen LogP contribution is -2.14. The van der Waals surface area contributed by atoms with Crippen LogP contribution < -0.4 is 5.32 Å². The molecule has 0 saturated heterocycles. The molecule has 1 heterocycles. The molecule has 0 aliphatic carbocycles. The first-order valence-corrected chi connectivity index (χ1v) is 9.72. The van der Waals surface area contributed by atoms with Crippen molar-refractivity contribution in [3.8, 4) is 5.69 Å². The first-order chi connectivity index (χ1) is 14.6. The molecule has 1 amide bonds. The highest BCUT2D eigenvalue weighted by Crippen LogP contribution is 2.16. The molecule has 0 fully saturated rings. The van der Waals surface area contributed by atoms with Crippen molar-refractivity contribution in [2.24, 2.45) is 0 Å². The van der Waals surface area contributed by atoms with E-state index in [-0.39, 0.29) is 11.6 Å². The summed E-state index contributed by atoms with van der Waals surface area (Å²) in [6.07, 6.45) is 1.42. The van der Waals surface area contributed by atoms with E-state index in [2.05, 4.69) is 27.5 Å². The molecule has 4 rings (SSSR count). The summed E-state index contributed by atoms with van der Waals surface area (Å²) < 4.78 is 14.8. The van der Waals surface area contributed by atoms with E-state index in [1.54, 1.807) is 4.68 Å². The molecule has 4 aromatic rings. The van der Waals surface area contributed by atoms with E-state index in [0.717, 1.165) is 17.7 Å². The third-order valence-corrected chi connectivity index (χ3v) is 4.71. The van der Waals surface area contributed by atoms with Crippen molar-refractivity contribution in [1.29, 1.82) is 0 Å². The van der Waals surface area contributed by atoms with Gasteiger partial charge in [-0.3, -0.25) is 4.79 Å². The molecular formula is C24H21FN4O. The normalized spacial score (nSPS) is 10.7. The standard InChI is InChI=1S/C24H21FN4O/c1-17-6-5-9-21(16-17)29-22(15-10-18-7-3-2-4-8-18)27-23(28-29)24(30)26-20-13-11-19(25)12-14-20/h2-9,11-14,16H,10,15H2,1H3,(H,26,30). The second-order valence-corrected chi connectivity index (χ2v) is 7.05. The van der Waals surface area contributed by atoms with Gasteiger partial charge in [-0.2, -0.15) is 0 Å². The fourth-order valence-corrected chi connectivity index (χ4v) is 3.19. The number of anilines is 1. The van der Waals surface area contributed by atoms with Gasteiger partial charge in [0.05, 0.1) is 5.69 Å². The van der Waals surface area contributed by atoms with Crippen molar-refractivity contribution in [2.45, 2.75) is 19.8 Å². The minimum absolute atomic E-state index is 0.0730. The summed E-state index contributed by atoms with van der Waals surface area (Å²) in [4.78, 5) is 17.2. The molecule has 1 aromatic heterocycles. The molecule has 0 saturated carbocycles. The summed E-state index contributed by atoms with van der Waals surface area (Å²) in [5, 5.41) is 7.19. The number of aryl methyl sites for hydroxylation is 3. The van der Waals surface area contributed by atoms with Crippen molar-refractivity contribution < 1.29 is 9.18 Å². The van der Waals surface area contributed by atoms with E-state index in [1.807, 2.05) is 49.4 Å². The van der Waals surface area contributed by atoms with Crippen LogP contribution in [0, 0.1) is 12.7 Å². The maximum atomic E-state index is 13.1. The first-order valence-electron chi connectivity index (χ1n) is 9.72. The van der Waals surface area contributed by atoms with Gasteiger partial charge in [0.1, 0.15) is 11.6 Å². The summed E-state index contributed by atoms with van der Waals surface area (Å²) >= 11 is 0. The monoisotopic (exact) mass is 400 g/mol. The van der Waals surface area contributed by atoms with Crippen LogP contribution in [0.25, 0.3) is 5.69 Å². The lowest BCUT2D eigenvalue weighted by Gasteiger charge is -2.07. The van der Waals surface area contributed by atoms with Crippen LogP contribution in [0.15, 0.2) is 78.9 Å². The predicted molar refractivity (Wildman–Crippen MR) is 114 cm³/mol. The number of hydrogen-bond donors (Lipinski definition) is 1. The molecule has 5 nitrogen and oxygen atoms in total. The fraction of sp³-hybridized carbons (Fsp3) is 0.125.